The second-order valence-corrected chi connectivity index (χ2v) is 4.19. The van der Waals surface area contributed by atoms with E-state index in [4.69, 9.17) is 4.42 Å². The molecule has 1 heterocycles. The van der Waals surface area contributed by atoms with Gasteiger partial charge in [-0.1, -0.05) is 24.3 Å². The minimum absolute atomic E-state index is 0.0459. The van der Waals surface area contributed by atoms with E-state index in [1.165, 1.54) is 18.2 Å². The predicted molar refractivity (Wildman–Crippen MR) is 68.4 cm³/mol. The Hall–Kier alpha value is -3.02. The lowest BCUT2D eigenvalue weighted by Gasteiger charge is -1.91. The van der Waals surface area contributed by atoms with Crippen molar-refractivity contribution in [3.8, 4) is 0 Å². The number of allylic oxidation sites excluding steroid dienone is 1. The molecular weight excluding hydrogens is 262 g/mol. The molecule has 2 aromatic rings. The van der Waals surface area contributed by atoms with Crippen molar-refractivity contribution in [1.29, 1.82) is 0 Å². The quantitative estimate of drug-likeness (QED) is 0.362. The van der Waals surface area contributed by atoms with Gasteiger partial charge in [-0.05, 0) is 12.1 Å². The molecule has 0 saturated heterocycles. The lowest BCUT2D eigenvalue weighted by molar-refractivity contribution is -0.402. The number of nitro groups is 1. The van der Waals surface area contributed by atoms with Crippen molar-refractivity contribution in [3.63, 3.8) is 0 Å². The van der Waals surface area contributed by atoms with E-state index in [2.05, 4.69) is 0 Å². The van der Waals surface area contributed by atoms with Gasteiger partial charge in [0, 0.05) is 11.1 Å². The van der Waals surface area contributed by atoms with Crippen LogP contribution in [0.1, 0.15) is 26.5 Å². The molecule has 0 aliphatic heterocycles. The maximum Gasteiger partial charge on any atom is 0.433 e. The van der Waals surface area contributed by atoms with Crippen LogP contribution in [-0.4, -0.2) is 16.5 Å². The second-order valence-electron chi connectivity index (χ2n) is 4.19. The topological polar surface area (TPSA) is 90.4 Å². The average Bonchev–Trinajstić information content (AvgIpc) is 3.00. The molecule has 0 spiro atoms. The highest BCUT2D eigenvalue weighted by molar-refractivity contribution is 6.41. The van der Waals surface area contributed by atoms with Gasteiger partial charge in [-0.3, -0.25) is 19.7 Å². The maximum absolute atomic E-state index is 12.1. The second kappa shape index (κ2) is 4.27. The van der Waals surface area contributed by atoms with Crippen LogP contribution < -0.4 is 0 Å². The van der Waals surface area contributed by atoms with Crippen molar-refractivity contribution in [2.45, 2.75) is 0 Å². The van der Waals surface area contributed by atoms with Gasteiger partial charge in [0.1, 0.15) is 10.7 Å². The number of ketones is 2. The van der Waals surface area contributed by atoms with Crippen molar-refractivity contribution in [2.75, 3.05) is 0 Å². The maximum atomic E-state index is 12.1. The summed E-state index contributed by atoms with van der Waals surface area (Å²) < 4.78 is 4.92. The van der Waals surface area contributed by atoms with E-state index in [1.807, 2.05) is 0 Å². The molecule has 6 nitrogen and oxygen atoms in total. The highest BCUT2D eigenvalue weighted by Gasteiger charge is 2.32. The van der Waals surface area contributed by atoms with Gasteiger partial charge < -0.3 is 4.42 Å². The van der Waals surface area contributed by atoms with Crippen molar-refractivity contribution < 1.29 is 18.9 Å². The first-order valence-electron chi connectivity index (χ1n) is 5.72. The molecule has 1 aliphatic carbocycles. The first kappa shape index (κ1) is 12.0. The number of fused-ring (bicyclic) bond motifs is 1. The van der Waals surface area contributed by atoms with E-state index in [0.717, 1.165) is 0 Å². The smallest absolute Gasteiger partial charge is 0.401 e. The van der Waals surface area contributed by atoms with Crippen molar-refractivity contribution in [1.82, 2.24) is 0 Å². The van der Waals surface area contributed by atoms with Crippen LogP contribution in [0.4, 0.5) is 5.88 Å². The molecule has 6 heteroatoms. The highest BCUT2D eigenvalue weighted by atomic mass is 16.6. The fraction of sp³-hybridized carbons (Fsp3) is 0. The molecule has 0 saturated carbocycles. The van der Waals surface area contributed by atoms with Gasteiger partial charge in [-0.2, -0.15) is 0 Å². The number of benzene rings is 1. The van der Waals surface area contributed by atoms with E-state index in [0.29, 0.717) is 11.1 Å². The number of carbonyl (C=O) groups excluding carboxylic acids is 2. The summed E-state index contributed by atoms with van der Waals surface area (Å²) in [6.07, 6.45) is 1.23. The Bertz CT molecular complexity index is 747. The molecule has 3 rings (SSSR count). The van der Waals surface area contributed by atoms with E-state index >= 15 is 0 Å². The third-order valence-corrected chi connectivity index (χ3v) is 2.98. The molecule has 1 aliphatic rings. The molecule has 0 atom stereocenters. The number of hydrogen-bond donors (Lipinski definition) is 0. The highest BCUT2D eigenvalue weighted by Crippen LogP contribution is 2.28. The molecule has 0 radical (unpaired) electrons. The fourth-order valence-electron chi connectivity index (χ4n) is 2.06. The number of hydrogen-bond acceptors (Lipinski definition) is 5. The Morgan fingerprint density at radius 1 is 1.00 bits per heavy atom. The molecule has 98 valence electrons. The monoisotopic (exact) mass is 269 g/mol. The Labute approximate surface area is 112 Å². The molecule has 1 aromatic heterocycles. The third kappa shape index (κ3) is 1.74. The molecule has 0 bridgehead atoms. The summed E-state index contributed by atoms with van der Waals surface area (Å²) in [6, 6.07) is 9.00. The van der Waals surface area contributed by atoms with E-state index in [1.54, 1.807) is 24.3 Å². The SMILES string of the molecule is O=C1C(=Cc2ccc([N+](=O)[O-])o2)C(=O)c2ccccc21. The normalized spacial score (nSPS) is 13.5. The first-order chi connectivity index (χ1) is 9.58. The summed E-state index contributed by atoms with van der Waals surface area (Å²) in [5.41, 5.74) is 0.630. The summed E-state index contributed by atoms with van der Waals surface area (Å²) in [4.78, 5) is 34.0. The molecule has 1 aromatic carbocycles. The molecule has 0 unspecified atom stereocenters. The predicted octanol–water partition coefficient (Wildman–Crippen LogP) is 2.65. The zero-order valence-corrected chi connectivity index (χ0v) is 10.0. The lowest BCUT2D eigenvalue weighted by atomic mass is 10.1. The molecule has 0 amide bonds. The number of Topliss-reactive ketones (excluding diaryl/α,β-unsaturated/α-hetero) is 2. The van der Waals surface area contributed by atoms with Crippen LogP contribution in [0.2, 0.25) is 0 Å². The van der Waals surface area contributed by atoms with Crippen molar-refractivity contribution >= 4 is 23.5 Å². The van der Waals surface area contributed by atoms with Crippen molar-refractivity contribution in [2.24, 2.45) is 0 Å². The van der Waals surface area contributed by atoms with Crippen LogP contribution in [0.15, 0.2) is 46.4 Å². The Balaban J connectivity index is 2.03. The Morgan fingerprint density at radius 2 is 1.60 bits per heavy atom. The van der Waals surface area contributed by atoms with E-state index in [-0.39, 0.29) is 11.3 Å². The summed E-state index contributed by atoms with van der Waals surface area (Å²) >= 11 is 0. The largest absolute Gasteiger partial charge is 0.433 e. The average molecular weight is 269 g/mol. The van der Waals surface area contributed by atoms with Gasteiger partial charge in [-0.15, -0.1) is 0 Å². The first-order valence-corrected chi connectivity index (χ1v) is 5.72. The third-order valence-electron chi connectivity index (χ3n) is 2.98. The van der Waals surface area contributed by atoms with E-state index < -0.39 is 22.4 Å². The van der Waals surface area contributed by atoms with Gasteiger partial charge >= 0.3 is 5.88 Å². The van der Waals surface area contributed by atoms with Gasteiger partial charge in [-0.25, -0.2) is 0 Å². The van der Waals surface area contributed by atoms with Crippen LogP contribution in [-0.2, 0) is 0 Å². The van der Waals surface area contributed by atoms with Crippen LogP contribution in [0.25, 0.3) is 6.08 Å². The van der Waals surface area contributed by atoms with Gasteiger partial charge in [0.15, 0.2) is 11.6 Å². The van der Waals surface area contributed by atoms with E-state index in [9.17, 15) is 19.7 Å². The fourth-order valence-corrected chi connectivity index (χ4v) is 2.06. The minimum Gasteiger partial charge on any atom is -0.401 e. The Morgan fingerprint density at radius 3 is 2.10 bits per heavy atom. The number of nitrogens with zero attached hydrogens (tertiary/aromatic N) is 1. The van der Waals surface area contributed by atoms with Crippen LogP contribution in [0.3, 0.4) is 0 Å². The number of rotatable bonds is 2. The van der Waals surface area contributed by atoms with Crippen molar-refractivity contribution in [3.05, 3.63) is 69.0 Å². The summed E-state index contributed by atoms with van der Waals surface area (Å²) in [5.74, 6) is -1.14. The molecule has 0 N–H and O–H groups in total. The van der Waals surface area contributed by atoms with Gasteiger partial charge in [0.05, 0.1) is 11.6 Å². The summed E-state index contributed by atoms with van der Waals surface area (Å²) in [5, 5.41) is 10.5. The zero-order chi connectivity index (χ0) is 14.3. The van der Waals surface area contributed by atoms with Gasteiger partial charge in [0.25, 0.3) is 0 Å². The van der Waals surface area contributed by atoms with Crippen LogP contribution >= 0.6 is 0 Å². The summed E-state index contributed by atoms with van der Waals surface area (Å²) in [6.45, 7) is 0. The van der Waals surface area contributed by atoms with Gasteiger partial charge in [0.2, 0.25) is 0 Å². The standard InChI is InChI=1S/C14H7NO5/c16-13-9-3-1-2-4-10(9)14(17)11(13)7-8-5-6-12(20-8)15(18)19/h1-7H. The van der Waals surface area contributed by atoms with Crippen LogP contribution in [0.5, 0.6) is 0 Å². The Kier molecular flexibility index (Phi) is 2.57. The minimum atomic E-state index is -0.685. The number of furan rings is 1. The zero-order valence-electron chi connectivity index (χ0n) is 10.0. The molecule has 0 fully saturated rings. The summed E-state index contributed by atoms with van der Waals surface area (Å²) in [7, 11) is 0. The molecule has 20 heavy (non-hydrogen) atoms. The molecular formula is C14H7NO5. The lowest BCUT2D eigenvalue weighted by Crippen LogP contribution is -1.99. The number of carbonyl (C=O) groups is 2. The van der Waals surface area contributed by atoms with Crippen LogP contribution in [0, 0.1) is 10.1 Å².